The van der Waals surface area contributed by atoms with E-state index in [-0.39, 0.29) is 17.9 Å². The summed E-state index contributed by atoms with van der Waals surface area (Å²) < 4.78 is 6.89. The lowest BCUT2D eigenvalue weighted by Crippen LogP contribution is -2.18. The normalized spacial score (nSPS) is 22.6. The number of ketones is 1. The Kier molecular flexibility index (Phi) is 3.52. The number of terminal acetylenes is 1. The second-order valence-corrected chi connectivity index (χ2v) is 4.30. The number of carbonyl (C=O) groups is 2. The molecule has 4 heteroatoms. The van der Waals surface area contributed by atoms with Gasteiger partial charge in [0.2, 0.25) is 0 Å². The van der Waals surface area contributed by atoms with Crippen molar-refractivity contribution in [2.75, 3.05) is 0 Å². The van der Waals surface area contributed by atoms with Crippen LogP contribution in [-0.2, 0) is 9.53 Å². The summed E-state index contributed by atoms with van der Waals surface area (Å²) in [5.74, 6) is 2.20. The Morgan fingerprint density at radius 1 is 1.67 bits per heavy atom. The summed E-state index contributed by atoms with van der Waals surface area (Å²) in [7, 11) is 0. The predicted molar refractivity (Wildman–Crippen MR) is 66.0 cm³/mol. The number of carbonyl (C=O) groups excluding carboxylic acids is 2. The van der Waals surface area contributed by atoms with Crippen molar-refractivity contribution in [3.63, 3.8) is 0 Å². The number of rotatable bonds is 4. The smallest absolute Gasteiger partial charge is 0.329 e. The molecule has 4 nitrogen and oxygen atoms in total. The van der Waals surface area contributed by atoms with Gasteiger partial charge in [-0.1, -0.05) is 6.92 Å². The minimum atomic E-state index is -0.427. The van der Waals surface area contributed by atoms with Crippen molar-refractivity contribution < 1.29 is 14.3 Å². The average Bonchev–Trinajstić information content (AvgIpc) is 2.95. The monoisotopic (exact) mass is 245 g/mol. The molecule has 0 saturated carbocycles. The zero-order valence-electron chi connectivity index (χ0n) is 10.3. The molecule has 1 fully saturated rings. The molecule has 0 N–H and O–H groups in total. The van der Waals surface area contributed by atoms with Crippen LogP contribution in [0.15, 0.2) is 18.3 Å². The van der Waals surface area contributed by atoms with E-state index in [9.17, 15) is 9.59 Å². The van der Waals surface area contributed by atoms with Crippen molar-refractivity contribution in [3.8, 4) is 12.3 Å². The molecule has 0 radical (unpaired) electrons. The van der Waals surface area contributed by atoms with Crippen LogP contribution in [0.5, 0.6) is 0 Å². The van der Waals surface area contributed by atoms with Gasteiger partial charge in [-0.15, -0.1) is 12.3 Å². The number of cyclic esters (lactones) is 1. The topological polar surface area (TPSA) is 48.3 Å². The maximum absolute atomic E-state index is 11.8. The van der Waals surface area contributed by atoms with Crippen molar-refractivity contribution in [2.24, 2.45) is 0 Å². The van der Waals surface area contributed by atoms with E-state index in [0.717, 1.165) is 0 Å². The molecule has 2 atom stereocenters. The van der Waals surface area contributed by atoms with Crippen LogP contribution < -0.4 is 0 Å². The molecule has 1 aliphatic rings. The summed E-state index contributed by atoms with van der Waals surface area (Å²) in [6, 6.07) is 3.07. The first-order valence-corrected chi connectivity index (χ1v) is 6.01. The summed E-state index contributed by atoms with van der Waals surface area (Å²) in [6.07, 6.45) is 8.08. The molecule has 0 unspecified atom stereocenters. The Hall–Kier alpha value is -2.02. The molecule has 1 aromatic heterocycles. The minimum Gasteiger partial charge on any atom is -0.460 e. The Labute approximate surface area is 106 Å². The summed E-state index contributed by atoms with van der Waals surface area (Å²) in [4.78, 5) is 23.6. The maximum Gasteiger partial charge on any atom is 0.329 e. The van der Waals surface area contributed by atoms with Gasteiger partial charge in [0, 0.05) is 25.5 Å². The predicted octanol–water partition coefficient (Wildman–Crippen LogP) is 1.96. The van der Waals surface area contributed by atoms with Gasteiger partial charge in [-0.05, 0) is 12.1 Å². The van der Waals surface area contributed by atoms with Gasteiger partial charge in [0.15, 0.2) is 5.78 Å². The number of aromatic nitrogens is 1. The lowest BCUT2D eigenvalue weighted by Gasteiger charge is -2.11. The summed E-state index contributed by atoms with van der Waals surface area (Å²) >= 11 is 0. The zero-order valence-corrected chi connectivity index (χ0v) is 10.3. The highest BCUT2D eigenvalue weighted by Gasteiger charge is 2.36. The minimum absolute atomic E-state index is 0.0215. The fourth-order valence-electron chi connectivity index (χ4n) is 2.20. The standard InChI is InChI=1S/C14H15NO3/c1-3-6-10-9-12(14(17)18-10)15-8-5-7-11(15)13(16)4-2/h1,5,7-8,10,12H,4,6,9H2,2H3/t10-,12+/m1/s1. The van der Waals surface area contributed by atoms with E-state index in [2.05, 4.69) is 5.92 Å². The second-order valence-electron chi connectivity index (χ2n) is 4.30. The lowest BCUT2D eigenvalue weighted by molar-refractivity contribution is -0.143. The van der Waals surface area contributed by atoms with Gasteiger partial charge in [-0.2, -0.15) is 0 Å². The highest BCUT2D eigenvalue weighted by molar-refractivity contribution is 5.95. The average molecular weight is 245 g/mol. The number of hydrogen-bond donors (Lipinski definition) is 0. The van der Waals surface area contributed by atoms with E-state index in [1.54, 1.807) is 29.8 Å². The SMILES string of the molecule is C#CC[C@@H]1C[C@H](n2cccc2C(=O)CC)C(=O)O1. The van der Waals surface area contributed by atoms with Crippen LogP contribution in [0.1, 0.15) is 42.7 Å². The zero-order chi connectivity index (χ0) is 13.1. The first kappa shape index (κ1) is 12.4. The van der Waals surface area contributed by atoms with Crippen LogP contribution in [0.25, 0.3) is 0 Å². The molecule has 0 aromatic carbocycles. The fourth-order valence-corrected chi connectivity index (χ4v) is 2.20. The largest absolute Gasteiger partial charge is 0.460 e. The number of esters is 1. The Morgan fingerprint density at radius 3 is 3.11 bits per heavy atom. The van der Waals surface area contributed by atoms with Crippen molar-refractivity contribution in [2.45, 2.75) is 38.3 Å². The number of ether oxygens (including phenoxy) is 1. The number of hydrogen-bond acceptors (Lipinski definition) is 3. The molecular formula is C14H15NO3. The molecule has 18 heavy (non-hydrogen) atoms. The van der Waals surface area contributed by atoms with E-state index < -0.39 is 6.04 Å². The van der Waals surface area contributed by atoms with Gasteiger partial charge in [0.25, 0.3) is 0 Å². The maximum atomic E-state index is 11.8. The van der Waals surface area contributed by atoms with E-state index in [1.165, 1.54) is 0 Å². The third-order valence-corrected chi connectivity index (χ3v) is 3.11. The molecule has 1 aliphatic heterocycles. The summed E-state index contributed by atoms with van der Waals surface area (Å²) in [5.41, 5.74) is 0.556. The first-order valence-electron chi connectivity index (χ1n) is 6.01. The van der Waals surface area contributed by atoms with Crippen LogP contribution in [0, 0.1) is 12.3 Å². The first-order chi connectivity index (χ1) is 8.67. The quantitative estimate of drug-likeness (QED) is 0.463. The van der Waals surface area contributed by atoms with E-state index in [4.69, 9.17) is 11.2 Å². The van der Waals surface area contributed by atoms with Crippen LogP contribution >= 0.6 is 0 Å². The third-order valence-electron chi connectivity index (χ3n) is 3.11. The van der Waals surface area contributed by atoms with E-state index in [1.807, 2.05) is 0 Å². The highest BCUT2D eigenvalue weighted by atomic mass is 16.6. The Balaban J connectivity index is 2.23. The number of nitrogens with zero attached hydrogens (tertiary/aromatic N) is 1. The molecule has 94 valence electrons. The molecule has 0 aliphatic carbocycles. The van der Waals surface area contributed by atoms with Gasteiger partial charge in [0.05, 0.1) is 5.69 Å². The Morgan fingerprint density at radius 2 is 2.44 bits per heavy atom. The van der Waals surface area contributed by atoms with Gasteiger partial charge in [0.1, 0.15) is 12.1 Å². The van der Waals surface area contributed by atoms with Crippen LogP contribution in [0.4, 0.5) is 0 Å². The molecular weight excluding hydrogens is 230 g/mol. The lowest BCUT2D eigenvalue weighted by atomic mass is 10.1. The number of Topliss-reactive ketones (excluding diaryl/α,β-unsaturated/α-hetero) is 1. The van der Waals surface area contributed by atoms with E-state index in [0.29, 0.717) is 25.0 Å². The molecule has 1 aromatic rings. The summed E-state index contributed by atoms with van der Waals surface area (Å²) in [5, 5.41) is 0. The molecule has 0 amide bonds. The van der Waals surface area contributed by atoms with Crippen molar-refractivity contribution in [3.05, 3.63) is 24.0 Å². The highest BCUT2D eigenvalue weighted by Crippen LogP contribution is 2.29. The van der Waals surface area contributed by atoms with Crippen molar-refractivity contribution >= 4 is 11.8 Å². The third kappa shape index (κ3) is 2.17. The Bertz CT molecular complexity index is 509. The van der Waals surface area contributed by atoms with Gasteiger partial charge >= 0.3 is 5.97 Å². The van der Waals surface area contributed by atoms with Crippen molar-refractivity contribution in [1.82, 2.24) is 4.57 Å². The molecule has 2 heterocycles. The van der Waals surface area contributed by atoms with E-state index >= 15 is 0 Å². The van der Waals surface area contributed by atoms with Crippen LogP contribution in [0.3, 0.4) is 0 Å². The molecule has 2 rings (SSSR count). The van der Waals surface area contributed by atoms with Gasteiger partial charge in [-0.25, -0.2) is 4.79 Å². The fraction of sp³-hybridized carbons (Fsp3) is 0.429. The molecule has 0 bridgehead atoms. The van der Waals surface area contributed by atoms with Crippen LogP contribution in [-0.4, -0.2) is 22.4 Å². The van der Waals surface area contributed by atoms with Gasteiger partial charge in [-0.3, -0.25) is 4.79 Å². The van der Waals surface area contributed by atoms with Gasteiger partial charge < -0.3 is 9.30 Å². The van der Waals surface area contributed by atoms with Crippen molar-refractivity contribution in [1.29, 1.82) is 0 Å². The molecule has 1 saturated heterocycles. The second kappa shape index (κ2) is 5.09. The van der Waals surface area contributed by atoms with Crippen LogP contribution in [0.2, 0.25) is 0 Å². The molecule has 0 spiro atoms. The summed E-state index contributed by atoms with van der Waals surface area (Å²) in [6.45, 7) is 1.80.